The van der Waals surface area contributed by atoms with Gasteiger partial charge in [-0.25, -0.2) is 4.99 Å². The number of aliphatic imine (C=N–C) groups is 1. The topological polar surface area (TPSA) is 55.5 Å². The van der Waals surface area contributed by atoms with E-state index in [0.29, 0.717) is 0 Å². The maximum absolute atomic E-state index is 11.7. The normalized spacial score (nSPS) is 12.8. The summed E-state index contributed by atoms with van der Waals surface area (Å²) in [6.07, 6.45) is 1.55. The van der Waals surface area contributed by atoms with Gasteiger partial charge in [0.15, 0.2) is 0 Å². The van der Waals surface area contributed by atoms with Gasteiger partial charge < -0.3 is 5.73 Å². The number of carbonyl (C=O) groups excluding carboxylic acids is 1. The molecule has 0 saturated heterocycles. The summed E-state index contributed by atoms with van der Waals surface area (Å²) >= 11 is 1.53. The van der Waals surface area contributed by atoms with Gasteiger partial charge in [-0.1, -0.05) is 36.4 Å². The van der Waals surface area contributed by atoms with Crippen LogP contribution in [0.25, 0.3) is 0 Å². The Kier molecular flexibility index (Phi) is 3.80. The molecule has 2 aromatic rings. The minimum atomic E-state index is -0.688. The van der Waals surface area contributed by atoms with E-state index < -0.39 is 6.04 Å². The molecule has 0 aliphatic carbocycles. The SMILES string of the molecule is N[C@@H](C(=O)N=Cc1cccs1)c1ccccc1. The molecule has 1 aromatic heterocycles. The molecule has 0 fully saturated rings. The summed E-state index contributed by atoms with van der Waals surface area (Å²) in [6, 6.07) is 12.4. The van der Waals surface area contributed by atoms with Crippen molar-refractivity contribution in [3.63, 3.8) is 0 Å². The third-order valence-electron chi connectivity index (χ3n) is 2.29. The highest BCUT2D eigenvalue weighted by Crippen LogP contribution is 2.11. The van der Waals surface area contributed by atoms with Crippen LogP contribution in [0.15, 0.2) is 52.8 Å². The number of nitrogens with zero attached hydrogens (tertiary/aromatic N) is 1. The molecule has 0 spiro atoms. The molecule has 0 radical (unpaired) electrons. The van der Waals surface area contributed by atoms with E-state index in [1.54, 1.807) is 6.21 Å². The van der Waals surface area contributed by atoms with Crippen molar-refractivity contribution in [3.8, 4) is 0 Å². The van der Waals surface area contributed by atoms with Crippen molar-refractivity contribution in [1.29, 1.82) is 0 Å². The van der Waals surface area contributed by atoms with Crippen LogP contribution in [0.1, 0.15) is 16.5 Å². The van der Waals surface area contributed by atoms with Crippen LogP contribution in [0.2, 0.25) is 0 Å². The first-order valence-electron chi connectivity index (χ1n) is 5.19. The maximum Gasteiger partial charge on any atom is 0.267 e. The summed E-state index contributed by atoms with van der Waals surface area (Å²) in [7, 11) is 0. The molecule has 0 aliphatic rings. The number of rotatable bonds is 3. The molecule has 0 bridgehead atoms. The van der Waals surface area contributed by atoms with Crippen molar-refractivity contribution >= 4 is 23.5 Å². The van der Waals surface area contributed by atoms with Crippen LogP contribution < -0.4 is 5.73 Å². The van der Waals surface area contributed by atoms with Gasteiger partial charge >= 0.3 is 0 Å². The summed E-state index contributed by atoms with van der Waals surface area (Å²) in [5, 5.41) is 1.93. The fourth-order valence-electron chi connectivity index (χ4n) is 1.38. The van der Waals surface area contributed by atoms with E-state index in [1.807, 2.05) is 47.8 Å². The Labute approximate surface area is 104 Å². The molecule has 0 saturated carbocycles. The van der Waals surface area contributed by atoms with Crippen LogP contribution >= 0.6 is 11.3 Å². The van der Waals surface area contributed by atoms with Gasteiger partial charge in [0.2, 0.25) is 0 Å². The molecule has 2 rings (SSSR count). The number of hydrogen-bond acceptors (Lipinski definition) is 3. The van der Waals surface area contributed by atoms with Gasteiger partial charge in [-0.05, 0) is 17.0 Å². The Hall–Kier alpha value is -1.78. The Morgan fingerprint density at radius 1 is 1.24 bits per heavy atom. The fourth-order valence-corrected chi connectivity index (χ4v) is 1.96. The van der Waals surface area contributed by atoms with Crippen LogP contribution in [-0.4, -0.2) is 12.1 Å². The third kappa shape index (κ3) is 3.09. The minimum Gasteiger partial charge on any atom is -0.316 e. The van der Waals surface area contributed by atoms with Gasteiger partial charge in [-0.2, -0.15) is 0 Å². The first kappa shape index (κ1) is 11.7. The highest BCUT2D eigenvalue weighted by molar-refractivity contribution is 7.11. The number of thiophene rings is 1. The summed E-state index contributed by atoms with van der Waals surface area (Å²) in [6.45, 7) is 0. The summed E-state index contributed by atoms with van der Waals surface area (Å²) in [5.41, 5.74) is 6.60. The molecule has 1 aromatic carbocycles. The molecule has 17 heavy (non-hydrogen) atoms. The lowest BCUT2D eigenvalue weighted by Crippen LogP contribution is -2.19. The first-order valence-corrected chi connectivity index (χ1v) is 6.07. The number of carbonyl (C=O) groups is 1. The van der Waals surface area contributed by atoms with E-state index in [-0.39, 0.29) is 5.91 Å². The van der Waals surface area contributed by atoms with Gasteiger partial charge in [0.1, 0.15) is 6.04 Å². The molecular weight excluding hydrogens is 232 g/mol. The standard InChI is InChI=1S/C13H12N2OS/c14-12(10-5-2-1-3-6-10)13(16)15-9-11-7-4-8-17-11/h1-9,12H,14H2/t12-/m1/s1. The van der Waals surface area contributed by atoms with Gasteiger partial charge in [0.05, 0.1) is 0 Å². The Morgan fingerprint density at radius 3 is 2.65 bits per heavy atom. The molecule has 2 N–H and O–H groups in total. The Balaban J connectivity index is 2.06. The van der Waals surface area contributed by atoms with E-state index in [9.17, 15) is 4.79 Å². The molecule has 1 atom stereocenters. The van der Waals surface area contributed by atoms with Gasteiger partial charge in [0, 0.05) is 11.1 Å². The van der Waals surface area contributed by atoms with E-state index in [4.69, 9.17) is 5.73 Å². The molecule has 86 valence electrons. The molecular formula is C13H12N2OS. The number of amides is 1. The minimum absolute atomic E-state index is 0.329. The van der Waals surface area contributed by atoms with Crippen molar-refractivity contribution in [1.82, 2.24) is 0 Å². The largest absolute Gasteiger partial charge is 0.316 e. The molecule has 4 heteroatoms. The predicted molar refractivity (Wildman–Crippen MR) is 70.3 cm³/mol. The number of benzene rings is 1. The van der Waals surface area contributed by atoms with Gasteiger partial charge in [-0.15, -0.1) is 11.3 Å². The van der Waals surface area contributed by atoms with Crippen LogP contribution in [0, 0.1) is 0 Å². The lowest BCUT2D eigenvalue weighted by atomic mass is 10.1. The highest BCUT2D eigenvalue weighted by atomic mass is 32.1. The van der Waals surface area contributed by atoms with Crippen LogP contribution in [-0.2, 0) is 4.79 Å². The third-order valence-corrected chi connectivity index (χ3v) is 3.09. The van der Waals surface area contributed by atoms with Gasteiger partial charge in [-0.3, -0.25) is 4.79 Å². The molecule has 1 amide bonds. The maximum atomic E-state index is 11.7. The quantitative estimate of drug-likeness (QED) is 0.843. The first-order chi connectivity index (χ1) is 8.27. The average molecular weight is 244 g/mol. The van der Waals surface area contributed by atoms with Crippen molar-refractivity contribution in [3.05, 3.63) is 58.3 Å². The monoisotopic (exact) mass is 244 g/mol. The fraction of sp³-hybridized carbons (Fsp3) is 0.0769. The van der Waals surface area contributed by atoms with Crippen LogP contribution in [0.4, 0.5) is 0 Å². The lowest BCUT2D eigenvalue weighted by molar-refractivity contribution is -0.119. The lowest BCUT2D eigenvalue weighted by Gasteiger charge is -2.06. The van der Waals surface area contributed by atoms with Gasteiger partial charge in [0.25, 0.3) is 5.91 Å². The van der Waals surface area contributed by atoms with Crippen LogP contribution in [0.5, 0.6) is 0 Å². The molecule has 0 aliphatic heterocycles. The van der Waals surface area contributed by atoms with Crippen molar-refractivity contribution in [2.75, 3.05) is 0 Å². The van der Waals surface area contributed by atoms with E-state index in [2.05, 4.69) is 4.99 Å². The molecule has 0 unspecified atom stereocenters. The second kappa shape index (κ2) is 5.52. The average Bonchev–Trinajstić information content (AvgIpc) is 2.89. The second-order valence-corrected chi connectivity index (χ2v) is 4.48. The Morgan fingerprint density at radius 2 is 2.00 bits per heavy atom. The Bertz CT molecular complexity index is 505. The molecule has 3 nitrogen and oxygen atoms in total. The van der Waals surface area contributed by atoms with Crippen LogP contribution in [0.3, 0.4) is 0 Å². The zero-order valence-electron chi connectivity index (χ0n) is 9.11. The summed E-state index contributed by atoms with van der Waals surface area (Å²) in [4.78, 5) is 16.5. The second-order valence-electron chi connectivity index (χ2n) is 3.50. The zero-order chi connectivity index (χ0) is 12.1. The zero-order valence-corrected chi connectivity index (χ0v) is 9.93. The number of hydrogen-bond donors (Lipinski definition) is 1. The summed E-state index contributed by atoms with van der Waals surface area (Å²) in [5.74, 6) is -0.329. The van der Waals surface area contributed by atoms with E-state index >= 15 is 0 Å². The molecule has 1 heterocycles. The van der Waals surface area contributed by atoms with E-state index in [0.717, 1.165) is 10.4 Å². The van der Waals surface area contributed by atoms with E-state index in [1.165, 1.54) is 11.3 Å². The number of nitrogens with two attached hydrogens (primary N) is 1. The van der Waals surface area contributed by atoms with Crippen molar-refractivity contribution < 1.29 is 4.79 Å². The van der Waals surface area contributed by atoms with Crippen molar-refractivity contribution in [2.24, 2.45) is 10.7 Å². The van der Waals surface area contributed by atoms with Crippen molar-refractivity contribution in [2.45, 2.75) is 6.04 Å². The smallest absolute Gasteiger partial charge is 0.267 e. The predicted octanol–water partition coefficient (Wildman–Crippen LogP) is 2.39. The highest BCUT2D eigenvalue weighted by Gasteiger charge is 2.13. The summed E-state index contributed by atoms with van der Waals surface area (Å²) < 4.78 is 0.